The summed E-state index contributed by atoms with van der Waals surface area (Å²) in [6.45, 7) is 1.04. The summed E-state index contributed by atoms with van der Waals surface area (Å²) in [5.41, 5.74) is 3.70. The van der Waals surface area contributed by atoms with Crippen LogP contribution in [0.15, 0.2) is 18.2 Å². The first-order valence-electron chi connectivity index (χ1n) is 6.85. The van der Waals surface area contributed by atoms with Crippen molar-refractivity contribution in [1.82, 2.24) is 0 Å². The van der Waals surface area contributed by atoms with E-state index in [2.05, 4.69) is 28.4 Å². The molecular weight excluding hydrogens is 260 g/mol. The van der Waals surface area contributed by atoms with E-state index in [0.29, 0.717) is 11.5 Å². The van der Waals surface area contributed by atoms with Crippen LogP contribution in [-0.4, -0.2) is 39.6 Å². The normalized spacial score (nSPS) is 24.6. The second kappa shape index (κ2) is 4.71. The van der Waals surface area contributed by atoms with Crippen molar-refractivity contribution >= 4 is 21.2 Å². The third-order valence-corrected chi connectivity index (χ3v) is 5.94. The Morgan fingerprint density at radius 2 is 2.21 bits per heavy atom. The molecule has 1 atom stereocenters. The molecular formula is C14H20N2O2S. The Morgan fingerprint density at radius 1 is 1.37 bits per heavy atom. The standard InChI is InChI=1S/C14H20N2O2S/c1-16(13-6-8-19(17,18)10-13)12-4-5-14-11(9-12)3-2-7-15-14/h4-5,9,13,15H,2-3,6-8,10H2,1H3. The quantitative estimate of drug-likeness (QED) is 0.895. The van der Waals surface area contributed by atoms with E-state index in [1.54, 1.807) is 0 Å². The van der Waals surface area contributed by atoms with E-state index in [0.717, 1.165) is 31.5 Å². The van der Waals surface area contributed by atoms with Crippen LogP contribution in [0.4, 0.5) is 11.4 Å². The van der Waals surface area contributed by atoms with Crippen molar-refractivity contribution in [2.45, 2.75) is 25.3 Å². The average molecular weight is 280 g/mol. The minimum atomic E-state index is -2.82. The van der Waals surface area contributed by atoms with E-state index < -0.39 is 9.84 Å². The molecule has 1 saturated heterocycles. The van der Waals surface area contributed by atoms with E-state index in [1.807, 2.05) is 7.05 Å². The highest BCUT2D eigenvalue weighted by atomic mass is 32.2. The summed E-state index contributed by atoms with van der Waals surface area (Å²) in [5.74, 6) is 0.618. The van der Waals surface area contributed by atoms with Crippen molar-refractivity contribution in [2.24, 2.45) is 0 Å². The van der Waals surface area contributed by atoms with Gasteiger partial charge in [0, 0.05) is 31.0 Å². The van der Waals surface area contributed by atoms with E-state index in [4.69, 9.17) is 0 Å². The van der Waals surface area contributed by atoms with Gasteiger partial charge in [0.25, 0.3) is 0 Å². The first kappa shape index (κ1) is 12.8. The molecule has 0 aromatic heterocycles. The van der Waals surface area contributed by atoms with E-state index >= 15 is 0 Å². The maximum absolute atomic E-state index is 11.6. The molecule has 19 heavy (non-hydrogen) atoms. The summed E-state index contributed by atoms with van der Waals surface area (Å²) >= 11 is 0. The number of anilines is 2. The zero-order chi connectivity index (χ0) is 13.5. The lowest BCUT2D eigenvalue weighted by Gasteiger charge is -2.27. The number of nitrogens with one attached hydrogen (secondary N) is 1. The molecule has 0 saturated carbocycles. The third kappa shape index (κ3) is 2.56. The predicted molar refractivity (Wildman–Crippen MR) is 78.7 cm³/mol. The fourth-order valence-corrected chi connectivity index (χ4v) is 4.75. The van der Waals surface area contributed by atoms with Crippen LogP contribution in [0.3, 0.4) is 0 Å². The van der Waals surface area contributed by atoms with Crippen molar-refractivity contribution in [2.75, 3.05) is 35.3 Å². The molecule has 0 spiro atoms. The fraction of sp³-hybridized carbons (Fsp3) is 0.571. The average Bonchev–Trinajstić information content (AvgIpc) is 2.78. The topological polar surface area (TPSA) is 49.4 Å². The molecule has 2 aliphatic heterocycles. The van der Waals surface area contributed by atoms with Crippen LogP contribution in [0.25, 0.3) is 0 Å². The Kier molecular flexibility index (Phi) is 3.17. The number of hydrogen-bond acceptors (Lipinski definition) is 4. The highest BCUT2D eigenvalue weighted by Crippen LogP contribution is 2.29. The van der Waals surface area contributed by atoms with Crippen molar-refractivity contribution < 1.29 is 8.42 Å². The van der Waals surface area contributed by atoms with Gasteiger partial charge in [0.05, 0.1) is 11.5 Å². The molecule has 0 bridgehead atoms. The molecule has 2 aliphatic rings. The van der Waals surface area contributed by atoms with Gasteiger partial charge in [0.15, 0.2) is 9.84 Å². The summed E-state index contributed by atoms with van der Waals surface area (Å²) in [7, 11) is -0.816. The Bertz CT molecular complexity index is 583. The number of nitrogens with zero attached hydrogens (tertiary/aromatic N) is 1. The van der Waals surface area contributed by atoms with Gasteiger partial charge in [-0.2, -0.15) is 0 Å². The Labute approximate surface area is 114 Å². The monoisotopic (exact) mass is 280 g/mol. The Hall–Kier alpha value is -1.23. The lowest BCUT2D eigenvalue weighted by Crippen LogP contribution is -2.32. The Morgan fingerprint density at radius 3 is 2.95 bits per heavy atom. The molecule has 1 fully saturated rings. The second-order valence-electron chi connectivity index (χ2n) is 5.54. The summed E-state index contributed by atoms with van der Waals surface area (Å²) < 4.78 is 23.1. The highest BCUT2D eigenvalue weighted by Gasteiger charge is 2.31. The third-order valence-electron chi connectivity index (χ3n) is 4.19. The van der Waals surface area contributed by atoms with E-state index in [9.17, 15) is 8.42 Å². The highest BCUT2D eigenvalue weighted by molar-refractivity contribution is 7.91. The van der Waals surface area contributed by atoms with Gasteiger partial charge in [-0.1, -0.05) is 0 Å². The number of fused-ring (bicyclic) bond motifs is 1. The van der Waals surface area contributed by atoms with Crippen LogP contribution in [0.1, 0.15) is 18.4 Å². The summed E-state index contributed by atoms with van der Waals surface area (Å²) in [6.07, 6.45) is 3.01. The molecule has 2 heterocycles. The van der Waals surface area contributed by atoms with Crippen LogP contribution < -0.4 is 10.2 Å². The van der Waals surface area contributed by atoms with Gasteiger partial charge in [-0.15, -0.1) is 0 Å². The number of hydrogen-bond donors (Lipinski definition) is 1. The minimum absolute atomic E-state index is 0.125. The van der Waals surface area contributed by atoms with E-state index in [-0.39, 0.29) is 6.04 Å². The first-order valence-corrected chi connectivity index (χ1v) is 8.67. The molecule has 1 N–H and O–H groups in total. The minimum Gasteiger partial charge on any atom is -0.385 e. The molecule has 0 aliphatic carbocycles. The van der Waals surface area contributed by atoms with Crippen molar-refractivity contribution in [3.05, 3.63) is 23.8 Å². The summed E-state index contributed by atoms with van der Waals surface area (Å²) in [4.78, 5) is 2.12. The first-order chi connectivity index (χ1) is 9.05. The molecule has 1 aromatic rings. The van der Waals surface area contributed by atoms with Gasteiger partial charge in [0.2, 0.25) is 0 Å². The van der Waals surface area contributed by atoms with Gasteiger partial charge < -0.3 is 10.2 Å². The molecule has 104 valence electrons. The van der Waals surface area contributed by atoms with Crippen LogP contribution in [-0.2, 0) is 16.3 Å². The van der Waals surface area contributed by atoms with Gasteiger partial charge in [-0.25, -0.2) is 8.42 Å². The molecule has 1 unspecified atom stereocenters. The summed E-state index contributed by atoms with van der Waals surface area (Å²) in [6, 6.07) is 6.53. The van der Waals surface area contributed by atoms with Crippen molar-refractivity contribution in [3.8, 4) is 0 Å². The largest absolute Gasteiger partial charge is 0.385 e. The second-order valence-corrected chi connectivity index (χ2v) is 7.77. The summed E-state index contributed by atoms with van der Waals surface area (Å²) in [5, 5.41) is 3.40. The number of sulfone groups is 1. The van der Waals surface area contributed by atoms with E-state index in [1.165, 1.54) is 11.3 Å². The zero-order valence-corrected chi connectivity index (χ0v) is 12.0. The molecule has 4 nitrogen and oxygen atoms in total. The maximum atomic E-state index is 11.6. The van der Waals surface area contributed by atoms with Crippen LogP contribution >= 0.6 is 0 Å². The number of benzene rings is 1. The fourth-order valence-electron chi connectivity index (χ4n) is 2.97. The van der Waals surface area contributed by atoms with Crippen LogP contribution in [0.5, 0.6) is 0 Å². The number of aryl methyl sites for hydroxylation is 1. The smallest absolute Gasteiger partial charge is 0.152 e. The van der Waals surface area contributed by atoms with Gasteiger partial charge in [-0.3, -0.25) is 0 Å². The Balaban J connectivity index is 1.82. The maximum Gasteiger partial charge on any atom is 0.152 e. The molecule has 1 aromatic carbocycles. The van der Waals surface area contributed by atoms with Crippen molar-refractivity contribution in [3.63, 3.8) is 0 Å². The predicted octanol–water partition coefficient (Wildman–Crippen LogP) is 1.67. The molecule has 5 heteroatoms. The zero-order valence-electron chi connectivity index (χ0n) is 11.2. The molecule has 3 rings (SSSR count). The molecule has 0 amide bonds. The van der Waals surface area contributed by atoms with Crippen LogP contribution in [0.2, 0.25) is 0 Å². The van der Waals surface area contributed by atoms with Gasteiger partial charge in [-0.05, 0) is 43.0 Å². The molecule has 0 radical (unpaired) electrons. The van der Waals surface area contributed by atoms with Crippen LogP contribution in [0, 0.1) is 0 Å². The van der Waals surface area contributed by atoms with Gasteiger partial charge >= 0.3 is 0 Å². The lowest BCUT2D eigenvalue weighted by atomic mass is 10.0. The van der Waals surface area contributed by atoms with Crippen molar-refractivity contribution in [1.29, 1.82) is 0 Å². The number of rotatable bonds is 2. The lowest BCUT2D eigenvalue weighted by molar-refractivity contribution is 0.601. The van der Waals surface area contributed by atoms with Gasteiger partial charge in [0.1, 0.15) is 0 Å². The SMILES string of the molecule is CN(c1ccc2c(c1)CCCN2)C1CCS(=O)(=O)C1.